The molecule has 4 N–H and O–H groups in total. The van der Waals surface area contributed by atoms with Crippen molar-refractivity contribution in [2.45, 2.75) is 0 Å². The van der Waals surface area contributed by atoms with Crippen LogP contribution < -0.4 is 21.8 Å². The predicted octanol–water partition coefficient (Wildman–Crippen LogP) is 5.61. The van der Waals surface area contributed by atoms with Crippen molar-refractivity contribution in [3.05, 3.63) is 125 Å². The zero-order chi connectivity index (χ0) is 26.2. The summed E-state index contributed by atoms with van der Waals surface area (Å²) in [6.45, 7) is 0. The molecule has 8 bridgehead atoms. The van der Waals surface area contributed by atoms with Gasteiger partial charge in [0.1, 0.15) is 33.9 Å². The number of nitrogens with zero attached hydrogens (tertiary/aromatic N) is 3. The minimum Gasteiger partial charge on any atom is -0.339 e. The van der Waals surface area contributed by atoms with E-state index in [1.165, 1.54) is 0 Å². The van der Waals surface area contributed by atoms with Crippen LogP contribution in [0, 0.1) is 0 Å². The van der Waals surface area contributed by atoms with Crippen molar-refractivity contribution in [1.29, 1.82) is 0 Å². The van der Waals surface area contributed by atoms with Gasteiger partial charge in [0.25, 0.3) is 0 Å². The third kappa shape index (κ3) is 3.58. The molecule has 0 spiro atoms. The van der Waals surface area contributed by atoms with Gasteiger partial charge in [-0.1, -0.05) is 97.1 Å². The van der Waals surface area contributed by atoms with Crippen LogP contribution in [0.4, 0.5) is 17.5 Å². The Morgan fingerprint density at radius 1 is 0.366 bits per heavy atom. The smallest absolute Gasteiger partial charge is 0.142 e. The van der Waals surface area contributed by atoms with Gasteiger partial charge in [0, 0.05) is 73.6 Å². The first-order valence-corrected chi connectivity index (χ1v) is 13.2. The first-order valence-electron chi connectivity index (χ1n) is 13.2. The molecule has 8 heteroatoms. The molecule has 4 aromatic heterocycles. The van der Waals surface area contributed by atoms with Gasteiger partial charge in [0.2, 0.25) is 0 Å². The molecule has 0 radical (unpaired) electrons. The maximum Gasteiger partial charge on any atom is 0.142 e. The summed E-state index contributed by atoms with van der Waals surface area (Å²) in [4.78, 5) is 29.5. The number of hydrogen-bond donors (Lipinski definition) is 4. The summed E-state index contributed by atoms with van der Waals surface area (Å²) in [5.74, 6) is 2.30. The zero-order valence-electron chi connectivity index (χ0n) is 21.9. The van der Waals surface area contributed by atoms with Crippen molar-refractivity contribution in [3.63, 3.8) is 0 Å². The maximum atomic E-state index is 5.12. The molecule has 0 unspecified atom stereocenters. The Morgan fingerprint density at radius 2 is 0.756 bits per heavy atom. The van der Waals surface area contributed by atoms with Crippen LogP contribution in [0.5, 0.6) is 0 Å². The number of aromatic nitrogens is 4. The fourth-order valence-electron chi connectivity index (χ4n) is 5.90. The van der Waals surface area contributed by atoms with Crippen molar-refractivity contribution in [1.82, 2.24) is 19.9 Å². The second kappa shape index (κ2) is 8.98. The van der Waals surface area contributed by atoms with Gasteiger partial charge in [0.05, 0.1) is 0 Å². The zero-order valence-corrected chi connectivity index (χ0v) is 24.8. The Hall–Kier alpha value is -5.07. The van der Waals surface area contributed by atoms with Crippen LogP contribution in [0.3, 0.4) is 0 Å². The summed E-state index contributed by atoms with van der Waals surface area (Å²) in [7, 11) is 0. The van der Waals surface area contributed by atoms with Crippen molar-refractivity contribution < 1.29 is 19.5 Å². The van der Waals surface area contributed by atoms with Crippen molar-refractivity contribution in [2.75, 3.05) is 0 Å². The molecule has 7 nitrogen and oxygen atoms in total. The second-order valence-corrected chi connectivity index (χ2v) is 10.1. The van der Waals surface area contributed by atoms with E-state index in [-0.39, 0.29) is 19.5 Å². The van der Waals surface area contributed by atoms with Crippen LogP contribution in [0.1, 0.15) is 5.69 Å². The quantitative estimate of drug-likeness (QED) is 0.168. The summed E-state index contributed by atoms with van der Waals surface area (Å²) in [6, 6.07) is 33.1. The van der Waals surface area contributed by atoms with Crippen LogP contribution in [-0.2, 0) is 19.5 Å². The summed E-state index contributed by atoms with van der Waals surface area (Å²) < 4.78 is 0. The molecular formula is C33H21N7Zn. The number of fused-ring (bicyclic) bond motifs is 20. The molecule has 5 heterocycles. The minimum atomic E-state index is 0. The van der Waals surface area contributed by atoms with Gasteiger partial charge >= 0.3 is 0 Å². The van der Waals surface area contributed by atoms with Gasteiger partial charge in [-0.05, 0) is 6.08 Å². The van der Waals surface area contributed by atoms with E-state index in [0.717, 1.165) is 88.0 Å². The number of benzene rings is 4. The first kappa shape index (κ1) is 23.8. The van der Waals surface area contributed by atoms with E-state index in [4.69, 9.17) is 15.0 Å². The molecule has 0 saturated carbocycles. The topological polar surface area (TPSA) is 100 Å². The predicted molar refractivity (Wildman–Crippen MR) is 159 cm³/mol. The third-order valence-electron chi connectivity index (χ3n) is 7.76. The third-order valence-corrected chi connectivity index (χ3v) is 7.76. The Morgan fingerprint density at radius 3 is 1.32 bits per heavy atom. The van der Waals surface area contributed by atoms with Crippen LogP contribution in [0.15, 0.2) is 112 Å². The van der Waals surface area contributed by atoms with Crippen molar-refractivity contribution >= 4 is 66.6 Å². The maximum absolute atomic E-state index is 5.12. The fourth-order valence-corrected chi connectivity index (χ4v) is 5.90. The molecule has 0 atom stereocenters. The average Bonchev–Trinajstić information content (AvgIpc) is 3.73. The summed E-state index contributed by atoms with van der Waals surface area (Å²) >= 11 is 0. The standard InChI is InChI=1S/C33H21N7.Zn/c1-3-11-20-18(9-1)26-17-27-19-10-2-4-12-21(19)29(35-27)37-31-23-14-6-8-16-25(23)33(39-31)40-32-24-15-7-5-13-22(24)30(38-32)36-28(20)34-26;/h1-17H,(H4,34,35,36,37,38,39,40);. The Bertz CT molecular complexity index is 2210. The normalized spacial score (nSPS) is 12.5. The Labute approximate surface area is 244 Å². The Kier molecular flexibility index (Phi) is 5.21. The molecule has 8 aromatic rings. The molecule has 0 amide bonds. The van der Waals surface area contributed by atoms with Crippen molar-refractivity contribution in [2.24, 2.45) is 15.0 Å². The summed E-state index contributed by atoms with van der Waals surface area (Å²) in [6.07, 6.45) is 2.15. The van der Waals surface area contributed by atoms with Crippen molar-refractivity contribution in [3.8, 4) is 0 Å². The number of nitrogens with one attached hydrogen (secondary N) is 4. The largest absolute Gasteiger partial charge is 0.339 e. The van der Waals surface area contributed by atoms with Gasteiger partial charge < -0.3 is 19.9 Å². The molecule has 0 aliphatic carbocycles. The molecule has 0 saturated heterocycles. The molecular weight excluding hydrogens is 560 g/mol. The van der Waals surface area contributed by atoms with Gasteiger partial charge in [-0.25, -0.2) is 15.0 Å². The molecule has 190 valence electrons. The average molecular weight is 581 g/mol. The van der Waals surface area contributed by atoms with E-state index in [9.17, 15) is 0 Å². The van der Waals surface area contributed by atoms with Crippen LogP contribution >= 0.6 is 0 Å². The molecule has 1 aliphatic rings. The monoisotopic (exact) mass is 579 g/mol. The van der Waals surface area contributed by atoms with Crippen LogP contribution in [0.2, 0.25) is 0 Å². The molecule has 41 heavy (non-hydrogen) atoms. The van der Waals surface area contributed by atoms with E-state index >= 15 is 0 Å². The number of H-pyrrole nitrogens is 4. The number of aromatic amines is 4. The SMILES string of the molecule is C1=c2[nH]c(c3ccccc23)=Nc2[nH]c(c3ccccc23)N=c2[nH]c(c3ccccc23)=Nc2[nH]c1c1ccccc21.[Zn]. The second-order valence-electron chi connectivity index (χ2n) is 10.1. The number of rotatable bonds is 0. The van der Waals surface area contributed by atoms with E-state index in [2.05, 4.69) is 86.7 Å². The molecule has 0 fully saturated rings. The first-order chi connectivity index (χ1) is 19.8. The molecule has 9 rings (SSSR count). The van der Waals surface area contributed by atoms with Gasteiger partial charge in [0.15, 0.2) is 0 Å². The van der Waals surface area contributed by atoms with Gasteiger partial charge in [-0.15, -0.1) is 0 Å². The van der Waals surface area contributed by atoms with E-state index in [0.29, 0.717) is 0 Å². The molecule has 1 aliphatic heterocycles. The van der Waals surface area contributed by atoms with Crippen LogP contribution in [-0.4, -0.2) is 19.9 Å². The van der Waals surface area contributed by atoms with E-state index < -0.39 is 0 Å². The van der Waals surface area contributed by atoms with E-state index in [1.54, 1.807) is 0 Å². The van der Waals surface area contributed by atoms with Gasteiger partial charge in [-0.2, -0.15) is 0 Å². The molecule has 4 aromatic carbocycles. The fraction of sp³-hybridized carbons (Fsp3) is 0. The van der Waals surface area contributed by atoms with E-state index in [1.807, 2.05) is 36.4 Å². The summed E-state index contributed by atoms with van der Waals surface area (Å²) in [5.41, 5.74) is 3.28. The Balaban J connectivity index is 0.00000256. The summed E-state index contributed by atoms with van der Waals surface area (Å²) in [5, 5.41) is 9.31. The minimum absolute atomic E-state index is 0. The van der Waals surface area contributed by atoms with Crippen LogP contribution in [0.25, 0.3) is 49.2 Å². The number of hydrogen-bond acceptors (Lipinski definition) is 3. The van der Waals surface area contributed by atoms with Gasteiger partial charge in [-0.3, -0.25) is 0 Å².